The number of carbonyl (C=O) groups is 1. The van der Waals surface area contributed by atoms with Gasteiger partial charge in [-0.25, -0.2) is 0 Å². The maximum Gasteiger partial charge on any atom is 0.331 e. The van der Waals surface area contributed by atoms with Gasteiger partial charge in [-0.15, -0.1) is 0 Å². The molecule has 0 amide bonds. The molecule has 0 fully saturated rings. The highest BCUT2D eigenvalue weighted by molar-refractivity contribution is 7.53. The average molecular weight is 266 g/mol. The maximum atomic E-state index is 12.2. The van der Waals surface area contributed by atoms with Gasteiger partial charge in [-0.1, -0.05) is 13.8 Å². The summed E-state index contributed by atoms with van der Waals surface area (Å²) in [5.74, 6) is -0.368. The average Bonchev–Trinajstić information content (AvgIpc) is 2.32. The molecule has 0 saturated carbocycles. The van der Waals surface area contributed by atoms with E-state index >= 15 is 0 Å². The third-order valence-corrected chi connectivity index (χ3v) is 3.80. The Hall–Kier alpha value is -0.380. The van der Waals surface area contributed by atoms with Crippen molar-refractivity contribution in [1.29, 1.82) is 0 Å². The van der Waals surface area contributed by atoms with Gasteiger partial charge in [-0.3, -0.25) is 9.36 Å². The quantitative estimate of drug-likeness (QED) is 0.449. The van der Waals surface area contributed by atoms with Crippen LogP contribution in [0.4, 0.5) is 0 Å². The van der Waals surface area contributed by atoms with Crippen molar-refractivity contribution in [2.24, 2.45) is 0 Å². The molecule has 0 spiro atoms. The monoisotopic (exact) mass is 266 g/mol. The van der Waals surface area contributed by atoms with E-state index in [9.17, 15) is 9.36 Å². The Balaban J connectivity index is 4.17. The van der Waals surface area contributed by atoms with Gasteiger partial charge in [0.05, 0.1) is 32.4 Å². The molecule has 0 aliphatic rings. The predicted octanol–water partition coefficient (Wildman–Crippen LogP) is 2.99. The number of hydrogen-bond donors (Lipinski definition) is 0. The van der Waals surface area contributed by atoms with Gasteiger partial charge in [0, 0.05) is 0 Å². The lowest BCUT2D eigenvalue weighted by Crippen LogP contribution is -2.09. The highest BCUT2D eigenvalue weighted by atomic mass is 31.2. The summed E-state index contributed by atoms with van der Waals surface area (Å²) in [4.78, 5) is 11.2. The van der Waals surface area contributed by atoms with Gasteiger partial charge >= 0.3 is 13.6 Å². The van der Waals surface area contributed by atoms with Crippen molar-refractivity contribution in [1.82, 2.24) is 0 Å². The molecular weight excluding hydrogens is 243 g/mol. The zero-order valence-electron chi connectivity index (χ0n) is 10.9. The van der Waals surface area contributed by atoms with Crippen molar-refractivity contribution in [3.63, 3.8) is 0 Å². The largest absolute Gasteiger partial charge is 0.466 e. The molecule has 5 nitrogen and oxygen atoms in total. The molecule has 0 unspecified atom stereocenters. The van der Waals surface area contributed by atoms with Crippen LogP contribution < -0.4 is 0 Å². The minimum Gasteiger partial charge on any atom is -0.466 e. The lowest BCUT2D eigenvalue weighted by atomic mass is 10.5. The zero-order chi connectivity index (χ0) is 13.1. The second kappa shape index (κ2) is 9.63. The van der Waals surface area contributed by atoms with E-state index in [1.54, 1.807) is 6.92 Å². The highest BCUT2D eigenvalue weighted by Gasteiger charge is 2.25. The third kappa shape index (κ3) is 8.36. The van der Waals surface area contributed by atoms with E-state index in [0.29, 0.717) is 19.8 Å². The summed E-state index contributed by atoms with van der Waals surface area (Å²) in [6.07, 6.45) is 1.68. The van der Waals surface area contributed by atoms with Gasteiger partial charge in [0.15, 0.2) is 0 Å². The molecule has 0 rings (SSSR count). The molecule has 0 aliphatic heterocycles. The Morgan fingerprint density at radius 2 is 1.59 bits per heavy atom. The Bertz CT molecular complexity index is 242. The Morgan fingerprint density at radius 1 is 1.06 bits per heavy atom. The molecule has 0 aliphatic carbocycles. The van der Waals surface area contributed by atoms with Crippen molar-refractivity contribution in [3.05, 3.63) is 0 Å². The van der Waals surface area contributed by atoms with E-state index in [0.717, 1.165) is 12.8 Å². The summed E-state index contributed by atoms with van der Waals surface area (Å²) in [7, 11) is -3.13. The summed E-state index contributed by atoms with van der Waals surface area (Å²) in [5.41, 5.74) is 0. The van der Waals surface area contributed by atoms with Gasteiger partial charge in [0.25, 0.3) is 0 Å². The van der Waals surface area contributed by atoms with Crippen LogP contribution in [-0.4, -0.2) is 32.0 Å². The van der Waals surface area contributed by atoms with E-state index in [1.807, 2.05) is 13.8 Å². The van der Waals surface area contributed by atoms with Crippen molar-refractivity contribution < 1.29 is 23.1 Å². The summed E-state index contributed by atoms with van der Waals surface area (Å²) < 4.78 is 27.4. The first-order valence-electron chi connectivity index (χ1n) is 6.11. The first-order valence-corrected chi connectivity index (χ1v) is 7.84. The molecule has 0 N–H and O–H groups in total. The Labute approximate surface area is 103 Å². The Morgan fingerprint density at radius 3 is 2.00 bits per heavy atom. The molecule has 0 bridgehead atoms. The zero-order valence-corrected chi connectivity index (χ0v) is 11.8. The second-order valence-corrected chi connectivity index (χ2v) is 5.74. The topological polar surface area (TPSA) is 61.8 Å². The van der Waals surface area contributed by atoms with Gasteiger partial charge in [0.1, 0.15) is 0 Å². The summed E-state index contributed by atoms with van der Waals surface area (Å²) in [6.45, 7) is 6.67. The van der Waals surface area contributed by atoms with Crippen LogP contribution in [0.5, 0.6) is 0 Å². The summed E-state index contributed by atoms with van der Waals surface area (Å²) in [6, 6.07) is 0. The van der Waals surface area contributed by atoms with Crippen LogP contribution in [0.1, 0.15) is 40.0 Å². The fourth-order valence-corrected chi connectivity index (χ4v) is 2.80. The van der Waals surface area contributed by atoms with Gasteiger partial charge in [-0.2, -0.15) is 0 Å². The molecule has 0 atom stereocenters. The van der Waals surface area contributed by atoms with Crippen LogP contribution in [-0.2, 0) is 23.1 Å². The smallest absolute Gasteiger partial charge is 0.331 e. The number of carbonyl (C=O) groups excluding carboxylic acids is 1. The van der Waals surface area contributed by atoms with Crippen molar-refractivity contribution in [2.75, 3.05) is 26.0 Å². The Kier molecular flexibility index (Phi) is 9.41. The van der Waals surface area contributed by atoms with Gasteiger partial charge in [-0.05, 0) is 19.8 Å². The normalized spacial score (nSPS) is 11.5. The first-order chi connectivity index (χ1) is 8.08. The van der Waals surface area contributed by atoms with Crippen LogP contribution in [0.25, 0.3) is 0 Å². The fourth-order valence-electron chi connectivity index (χ4n) is 1.09. The SMILES string of the molecule is CCCOP(=O)(CCC(=O)OCC)OCCC. The van der Waals surface area contributed by atoms with Crippen molar-refractivity contribution >= 4 is 13.6 Å². The van der Waals surface area contributed by atoms with Crippen LogP contribution in [0.3, 0.4) is 0 Å². The molecule has 0 saturated heterocycles. The fraction of sp³-hybridized carbons (Fsp3) is 0.909. The van der Waals surface area contributed by atoms with E-state index in [-0.39, 0.29) is 18.6 Å². The summed E-state index contributed by atoms with van der Waals surface area (Å²) >= 11 is 0. The molecule has 0 aromatic rings. The van der Waals surface area contributed by atoms with Crippen LogP contribution in [0.2, 0.25) is 0 Å². The second-order valence-electron chi connectivity index (χ2n) is 3.56. The molecule has 102 valence electrons. The molecular formula is C11H23O5P. The van der Waals surface area contributed by atoms with Crippen LogP contribution in [0.15, 0.2) is 0 Å². The van der Waals surface area contributed by atoms with E-state index in [1.165, 1.54) is 0 Å². The number of hydrogen-bond acceptors (Lipinski definition) is 5. The molecule has 0 aromatic heterocycles. The van der Waals surface area contributed by atoms with E-state index in [4.69, 9.17) is 13.8 Å². The lowest BCUT2D eigenvalue weighted by Gasteiger charge is -2.17. The van der Waals surface area contributed by atoms with Crippen molar-refractivity contribution in [3.8, 4) is 0 Å². The molecule has 0 heterocycles. The summed E-state index contributed by atoms with van der Waals surface area (Å²) in [5, 5.41) is 0. The minimum absolute atomic E-state index is 0.0680. The third-order valence-electron chi connectivity index (χ3n) is 1.88. The minimum atomic E-state index is -3.13. The predicted molar refractivity (Wildman–Crippen MR) is 66.2 cm³/mol. The standard InChI is InChI=1S/C11H23O5P/c1-4-8-15-17(13,16-9-5-2)10-7-11(12)14-6-3/h4-10H2,1-3H3. The van der Waals surface area contributed by atoms with Gasteiger partial charge in [0.2, 0.25) is 0 Å². The lowest BCUT2D eigenvalue weighted by molar-refractivity contribution is -0.142. The number of rotatable bonds is 10. The van der Waals surface area contributed by atoms with Crippen LogP contribution >= 0.6 is 7.60 Å². The molecule has 0 radical (unpaired) electrons. The number of esters is 1. The van der Waals surface area contributed by atoms with E-state index in [2.05, 4.69) is 0 Å². The first kappa shape index (κ1) is 16.6. The van der Waals surface area contributed by atoms with Gasteiger partial charge < -0.3 is 13.8 Å². The van der Waals surface area contributed by atoms with Crippen molar-refractivity contribution in [2.45, 2.75) is 40.0 Å². The van der Waals surface area contributed by atoms with Crippen LogP contribution in [0, 0.1) is 0 Å². The molecule has 6 heteroatoms. The number of ether oxygens (including phenoxy) is 1. The molecule has 0 aromatic carbocycles. The highest BCUT2D eigenvalue weighted by Crippen LogP contribution is 2.48. The molecule has 17 heavy (non-hydrogen) atoms. The maximum absolute atomic E-state index is 12.2. The van der Waals surface area contributed by atoms with E-state index < -0.39 is 7.60 Å².